The molecule has 0 aliphatic heterocycles. The first-order valence-corrected chi connectivity index (χ1v) is 6.63. The predicted molar refractivity (Wildman–Crippen MR) is 74.7 cm³/mol. The summed E-state index contributed by atoms with van der Waals surface area (Å²) in [5, 5.41) is 19.4. The number of nitriles is 1. The van der Waals surface area contributed by atoms with Crippen LogP contribution >= 0.6 is 0 Å². The van der Waals surface area contributed by atoms with Gasteiger partial charge in [0.05, 0.1) is 11.6 Å². The fraction of sp³-hybridized carbons (Fsp3) is 0.562. The molecule has 1 N–H and O–H groups in total. The van der Waals surface area contributed by atoms with Crippen molar-refractivity contribution in [2.45, 2.75) is 52.8 Å². The maximum absolute atomic E-state index is 13.5. The summed E-state index contributed by atoms with van der Waals surface area (Å²) in [5.74, 6) is 0. The van der Waals surface area contributed by atoms with Crippen molar-refractivity contribution in [3.05, 3.63) is 34.4 Å². The molecule has 0 aromatic heterocycles. The number of alkyl halides is 3. The molecular formula is C16H20F3NO. The van der Waals surface area contributed by atoms with Crippen LogP contribution in [-0.2, 0) is 5.60 Å². The van der Waals surface area contributed by atoms with Gasteiger partial charge in [-0.15, -0.1) is 0 Å². The van der Waals surface area contributed by atoms with Crippen LogP contribution in [0.25, 0.3) is 0 Å². The Hall–Kier alpha value is -1.54. The van der Waals surface area contributed by atoms with Gasteiger partial charge >= 0.3 is 6.18 Å². The number of benzene rings is 1. The van der Waals surface area contributed by atoms with Crippen LogP contribution in [0.15, 0.2) is 12.1 Å². The van der Waals surface area contributed by atoms with E-state index in [4.69, 9.17) is 5.26 Å². The largest absolute Gasteiger partial charge is 0.421 e. The molecule has 0 spiro atoms. The van der Waals surface area contributed by atoms with Crippen molar-refractivity contribution in [3.63, 3.8) is 0 Å². The van der Waals surface area contributed by atoms with E-state index in [1.165, 1.54) is 19.1 Å². The van der Waals surface area contributed by atoms with Gasteiger partial charge in [0.2, 0.25) is 0 Å². The Bertz CT molecular complexity index is 579. The smallest absolute Gasteiger partial charge is 0.376 e. The van der Waals surface area contributed by atoms with Gasteiger partial charge in [0.25, 0.3) is 0 Å². The average molecular weight is 299 g/mol. The van der Waals surface area contributed by atoms with E-state index in [0.29, 0.717) is 16.7 Å². The van der Waals surface area contributed by atoms with Gasteiger partial charge < -0.3 is 5.11 Å². The predicted octanol–water partition coefficient (Wildman–Crippen LogP) is 4.36. The summed E-state index contributed by atoms with van der Waals surface area (Å²) >= 11 is 0. The van der Waals surface area contributed by atoms with E-state index in [1.54, 1.807) is 27.7 Å². The second-order valence-corrected chi connectivity index (χ2v) is 6.62. The van der Waals surface area contributed by atoms with Crippen molar-refractivity contribution in [2.75, 3.05) is 0 Å². The molecule has 1 unspecified atom stereocenters. The first-order chi connectivity index (χ1) is 9.33. The number of hydrogen-bond donors (Lipinski definition) is 1. The monoisotopic (exact) mass is 299 g/mol. The SMILES string of the molecule is Cc1c(C#N)ccc(C(O)(CC(C)(C)C)C(F)(F)F)c1C. The summed E-state index contributed by atoms with van der Waals surface area (Å²) in [6, 6.07) is 4.48. The lowest BCUT2D eigenvalue weighted by Gasteiger charge is -2.37. The molecule has 1 rings (SSSR count). The molecule has 5 heteroatoms. The minimum Gasteiger partial charge on any atom is -0.376 e. The van der Waals surface area contributed by atoms with Gasteiger partial charge in [-0.1, -0.05) is 26.8 Å². The van der Waals surface area contributed by atoms with Crippen LogP contribution in [0.1, 0.15) is 49.4 Å². The lowest BCUT2D eigenvalue weighted by atomic mass is 9.75. The average Bonchev–Trinajstić information content (AvgIpc) is 2.28. The summed E-state index contributed by atoms with van der Waals surface area (Å²) in [4.78, 5) is 0. The zero-order valence-corrected chi connectivity index (χ0v) is 12.9. The van der Waals surface area contributed by atoms with Crippen LogP contribution in [0, 0.1) is 30.6 Å². The topological polar surface area (TPSA) is 44.0 Å². The van der Waals surface area contributed by atoms with Crippen LogP contribution < -0.4 is 0 Å². The molecule has 1 atom stereocenters. The van der Waals surface area contributed by atoms with Crippen molar-refractivity contribution >= 4 is 0 Å². The van der Waals surface area contributed by atoms with Crippen LogP contribution in [0.3, 0.4) is 0 Å². The Morgan fingerprint density at radius 2 is 1.62 bits per heavy atom. The van der Waals surface area contributed by atoms with Crippen LogP contribution in [0.2, 0.25) is 0 Å². The van der Waals surface area contributed by atoms with Gasteiger partial charge in [0, 0.05) is 0 Å². The standard InChI is InChI=1S/C16H20F3NO/c1-10-11(2)13(7-6-12(10)8-20)15(21,16(17,18)19)9-14(3,4)5/h6-7,21H,9H2,1-5H3. The number of nitrogens with zero attached hydrogens (tertiary/aromatic N) is 1. The van der Waals surface area contributed by atoms with Crippen LogP contribution in [0.5, 0.6) is 0 Å². The second-order valence-electron chi connectivity index (χ2n) is 6.62. The highest BCUT2D eigenvalue weighted by Gasteiger charge is 2.56. The lowest BCUT2D eigenvalue weighted by molar-refractivity contribution is -0.276. The van der Waals surface area contributed by atoms with Gasteiger partial charge in [-0.2, -0.15) is 18.4 Å². The molecule has 0 amide bonds. The minimum atomic E-state index is -4.79. The van der Waals surface area contributed by atoms with Crippen LogP contribution in [0.4, 0.5) is 13.2 Å². The highest BCUT2D eigenvalue weighted by molar-refractivity contribution is 5.47. The molecule has 0 fully saturated rings. The summed E-state index contributed by atoms with van der Waals surface area (Å²) in [6.07, 6.45) is -5.23. The fourth-order valence-corrected chi connectivity index (χ4v) is 2.51. The molecule has 2 nitrogen and oxygen atoms in total. The summed E-state index contributed by atoms with van der Waals surface area (Å²) in [7, 11) is 0. The Balaban J connectivity index is 3.57. The summed E-state index contributed by atoms with van der Waals surface area (Å²) < 4.78 is 40.5. The minimum absolute atomic E-state index is 0.179. The van der Waals surface area contributed by atoms with Crippen molar-refractivity contribution < 1.29 is 18.3 Å². The maximum atomic E-state index is 13.5. The summed E-state index contributed by atoms with van der Waals surface area (Å²) in [5.41, 5.74) is -2.73. The highest BCUT2D eigenvalue weighted by atomic mass is 19.4. The van der Waals surface area contributed by atoms with Crippen molar-refractivity contribution in [1.82, 2.24) is 0 Å². The third-order valence-electron chi connectivity index (χ3n) is 3.61. The number of halogens is 3. The highest BCUT2D eigenvalue weighted by Crippen LogP contribution is 2.47. The van der Waals surface area contributed by atoms with E-state index in [-0.39, 0.29) is 5.56 Å². The maximum Gasteiger partial charge on any atom is 0.421 e. The Kier molecular flexibility index (Phi) is 4.45. The number of rotatable bonds is 2. The molecule has 0 saturated heterocycles. The van der Waals surface area contributed by atoms with Gasteiger partial charge in [0.1, 0.15) is 0 Å². The molecule has 0 radical (unpaired) electrons. The van der Waals surface area contributed by atoms with E-state index in [0.717, 1.165) is 0 Å². The molecule has 1 aromatic rings. The van der Waals surface area contributed by atoms with E-state index in [9.17, 15) is 18.3 Å². The van der Waals surface area contributed by atoms with Crippen molar-refractivity contribution in [1.29, 1.82) is 5.26 Å². The van der Waals surface area contributed by atoms with Crippen molar-refractivity contribution in [2.24, 2.45) is 5.41 Å². The first kappa shape index (κ1) is 17.5. The van der Waals surface area contributed by atoms with Crippen molar-refractivity contribution in [3.8, 4) is 6.07 Å². The van der Waals surface area contributed by atoms with E-state index < -0.39 is 23.6 Å². The zero-order chi connectivity index (χ0) is 16.6. The molecule has 0 aliphatic carbocycles. The number of hydrogen-bond acceptors (Lipinski definition) is 2. The third kappa shape index (κ3) is 3.38. The molecule has 0 saturated carbocycles. The molecule has 1 aromatic carbocycles. The van der Waals surface area contributed by atoms with E-state index >= 15 is 0 Å². The number of aliphatic hydroxyl groups is 1. The van der Waals surface area contributed by atoms with Gasteiger partial charge in [-0.3, -0.25) is 0 Å². The van der Waals surface area contributed by atoms with E-state index in [1.807, 2.05) is 6.07 Å². The van der Waals surface area contributed by atoms with Gasteiger partial charge in [0.15, 0.2) is 5.60 Å². The molecule has 21 heavy (non-hydrogen) atoms. The molecule has 0 aliphatic rings. The quantitative estimate of drug-likeness (QED) is 0.881. The van der Waals surface area contributed by atoms with Crippen LogP contribution in [-0.4, -0.2) is 11.3 Å². The van der Waals surface area contributed by atoms with Gasteiger partial charge in [-0.05, 0) is 48.4 Å². The summed E-state index contributed by atoms with van der Waals surface area (Å²) in [6.45, 7) is 8.04. The zero-order valence-electron chi connectivity index (χ0n) is 12.9. The fourth-order valence-electron chi connectivity index (χ4n) is 2.51. The molecule has 116 valence electrons. The third-order valence-corrected chi connectivity index (χ3v) is 3.61. The Labute approximate surface area is 123 Å². The lowest BCUT2D eigenvalue weighted by Crippen LogP contribution is -2.45. The molecule has 0 bridgehead atoms. The normalized spacial score (nSPS) is 15.4. The van der Waals surface area contributed by atoms with Gasteiger partial charge in [-0.25, -0.2) is 0 Å². The molecular weight excluding hydrogens is 279 g/mol. The Morgan fingerprint density at radius 1 is 1.10 bits per heavy atom. The Morgan fingerprint density at radius 3 is 2.00 bits per heavy atom. The first-order valence-electron chi connectivity index (χ1n) is 6.63. The van der Waals surface area contributed by atoms with E-state index in [2.05, 4.69) is 0 Å². The second kappa shape index (κ2) is 5.34. The molecule has 0 heterocycles.